The van der Waals surface area contributed by atoms with E-state index in [1.807, 2.05) is 6.07 Å². The van der Waals surface area contributed by atoms with Crippen LogP contribution < -0.4 is 5.90 Å². The van der Waals surface area contributed by atoms with Crippen molar-refractivity contribution in [1.82, 2.24) is 0 Å². The Labute approximate surface area is 90.7 Å². The third kappa shape index (κ3) is 2.28. The van der Waals surface area contributed by atoms with Gasteiger partial charge in [-0.2, -0.15) is 0 Å². The molecular formula is C13H17NO. The molecule has 1 saturated carbocycles. The molecule has 80 valence electrons. The van der Waals surface area contributed by atoms with Crippen molar-refractivity contribution in [3.8, 4) is 0 Å². The molecule has 2 heteroatoms. The van der Waals surface area contributed by atoms with Gasteiger partial charge in [-0.15, -0.1) is 0 Å². The molecule has 0 aliphatic heterocycles. The third-order valence-electron chi connectivity index (χ3n) is 3.23. The summed E-state index contributed by atoms with van der Waals surface area (Å²) in [5.74, 6) is 5.16. The van der Waals surface area contributed by atoms with Gasteiger partial charge in [0.05, 0.1) is 6.61 Å². The van der Waals surface area contributed by atoms with Crippen molar-refractivity contribution in [3.63, 3.8) is 0 Å². The molecule has 0 bridgehead atoms. The van der Waals surface area contributed by atoms with Crippen LogP contribution in [-0.4, -0.2) is 6.61 Å². The summed E-state index contributed by atoms with van der Waals surface area (Å²) in [6.07, 6.45) is 4.62. The van der Waals surface area contributed by atoms with E-state index in [1.54, 1.807) is 0 Å². The number of benzene rings is 1. The Kier molecular flexibility index (Phi) is 2.89. The van der Waals surface area contributed by atoms with Crippen molar-refractivity contribution < 1.29 is 4.84 Å². The van der Waals surface area contributed by atoms with Crippen LogP contribution in [0.1, 0.15) is 25.3 Å². The Bertz CT molecular complexity index is 352. The summed E-state index contributed by atoms with van der Waals surface area (Å²) in [6, 6.07) is 10.4. The van der Waals surface area contributed by atoms with E-state index < -0.39 is 0 Å². The quantitative estimate of drug-likeness (QED) is 0.764. The van der Waals surface area contributed by atoms with E-state index in [4.69, 9.17) is 10.7 Å². The van der Waals surface area contributed by atoms with Crippen LogP contribution in [0.15, 0.2) is 35.9 Å². The van der Waals surface area contributed by atoms with Crippen molar-refractivity contribution in [2.45, 2.75) is 19.8 Å². The van der Waals surface area contributed by atoms with Crippen LogP contribution in [0.4, 0.5) is 0 Å². The lowest BCUT2D eigenvalue weighted by atomic mass is 9.96. The van der Waals surface area contributed by atoms with Crippen molar-refractivity contribution in [1.29, 1.82) is 0 Å². The molecule has 1 aromatic rings. The third-order valence-corrected chi connectivity index (χ3v) is 3.23. The van der Waals surface area contributed by atoms with Crippen LogP contribution in [-0.2, 0) is 4.84 Å². The van der Waals surface area contributed by atoms with Crippen LogP contribution in [0.25, 0.3) is 6.08 Å². The molecule has 0 radical (unpaired) electrons. The molecule has 2 rings (SSSR count). The van der Waals surface area contributed by atoms with Crippen molar-refractivity contribution >= 4 is 6.08 Å². The second-order valence-corrected chi connectivity index (χ2v) is 4.33. The first kappa shape index (κ1) is 10.4. The largest absolute Gasteiger partial charge is 0.304 e. The normalized spacial score (nSPS) is 18.9. The summed E-state index contributed by atoms with van der Waals surface area (Å²) < 4.78 is 0. The second kappa shape index (κ2) is 4.17. The average molecular weight is 203 g/mol. The summed E-state index contributed by atoms with van der Waals surface area (Å²) >= 11 is 0. The van der Waals surface area contributed by atoms with E-state index in [2.05, 4.69) is 37.3 Å². The zero-order chi connectivity index (χ0) is 10.7. The monoisotopic (exact) mass is 203 g/mol. The van der Waals surface area contributed by atoms with E-state index in [0.29, 0.717) is 6.61 Å². The molecule has 2 N–H and O–H groups in total. The summed E-state index contributed by atoms with van der Waals surface area (Å²) in [4.78, 5) is 4.79. The van der Waals surface area contributed by atoms with Gasteiger partial charge in [0.25, 0.3) is 0 Å². The molecule has 0 saturated heterocycles. The standard InChI is InChI=1S/C13H17NO/c1-11(13(7-8-13)10-15-14)9-12-5-3-2-4-6-12/h2-6,9H,7-8,10,14H2,1H3/b11-9+. The lowest BCUT2D eigenvalue weighted by molar-refractivity contribution is 0.104. The van der Waals surface area contributed by atoms with E-state index in [-0.39, 0.29) is 5.41 Å². The number of rotatable bonds is 4. The molecule has 1 aliphatic rings. The maximum Gasteiger partial charge on any atom is 0.0772 e. The van der Waals surface area contributed by atoms with Crippen molar-refractivity contribution in [3.05, 3.63) is 41.5 Å². The molecule has 1 fully saturated rings. The highest BCUT2D eigenvalue weighted by Crippen LogP contribution is 2.52. The number of hydrogen-bond donors (Lipinski definition) is 1. The summed E-state index contributed by atoms with van der Waals surface area (Å²) in [7, 11) is 0. The molecule has 15 heavy (non-hydrogen) atoms. The van der Waals surface area contributed by atoms with E-state index >= 15 is 0 Å². The van der Waals surface area contributed by atoms with Crippen LogP contribution >= 0.6 is 0 Å². The van der Waals surface area contributed by atoms with Crippen molar-refractivity contribution in [2.75, 3.05) is 6.61 Å². The summed E-state index contributed by atoms with van der Waals surface area (Å²) in [5, 5.41) is 0. The maximum atomic E-state index is 5.16. The Morgan fingerprint density at radius 3 is 2.60 bits per heavy atom. The molecular weight excluding hydrogens is 186 g/mol. The molecule has 0 aromatic heterocycles. The van der Waals surface area contributed by atoms with Gasteiger partial charge in [-0.3, -0.25) is 0 Å². The minimum absolute atomic E-state index is 0.227. The maximum absolute atomic E-state index is 5.16. The Morgan fingerprint density at radius 1 is 1.40 bits per heavy atom. The highest BCUT2D eigenvalue weighted by molar-refractivity contribution is 5.54. The van der Waals surface area contributed by atoms with Crippen LogP contribution in [0.2, 0.25) is 0 Å². The van der Waals surface area contributed by atoms with E-state index in [1.165, 1.54) is 24.0 Å². The van der Waals surface area contributed by atoms with Crippen LogP contribution in [0.5, 0.6) is 0 Å². The zero-order valence-corrected chi connectivity index (χ0v) is 9.07. The second-order valence-electron chi connectivity index (χ2n) is 4.33. The minimum atomic E-state index is 0.227. The fraction of sp³-hybridized carbons (Fsp3) is 0.385. The van der Waals surface area contributed by atoms with Gasteiger partial charge in [0.2, 0.25) is 0 Å². The van der Waals surface area contributed by atoms with Gasteiger partial charge >= 0.3 is 0 Å². The lowest BCUT2D eigenvalue weighted by Crippen LogP contribution is -2.15. The molecule has 0 atom stereocenters. The molecule has 1 aliphatic carbocycles. The Hall–Kier alpha value is -1.12. The highest BCUT2D eigenvalue weighted by Gasteiger charge is 2.44. The van der Waals surface area contributed by atoms with Gasteiger partial charge in [0.1, 0.15) is 0 Å². The summed E-state index contributed by atoms with van der Waals surface area (Å²) in [6.45, 7) is 2.81. The van der Waals surface area contributed by atoms with Gasteiger partial charge in [0, 0.05) is 5.41 Å². The lowest BCUT2D eigenvalue weighted by Gasteiger charge is -2.14. The molecule has 0 amide bonds. The molecule has 0 unspecified atom stereocenters. The predicted molar refractivity (Wildman–Crippen MR) is 61.9 cm³/mol. The molecule has 0 heterocycles. The van der Waals surface area contributed by atoms with Gasteiger partial charge < -0.3 is 4.84 Å². The number of hydrogen-bond acceptors (Lipinski definition) is 2. The fourth-order valence-electron chi connectivity index (χ4n) is 1.92. The smallest absolute Gasteiger partial charge is 0.0772 e. The molecule has 1 aromatic carbocycles. The highest BCUT2D eigenvalue weighted by atomic mass is 16.6. The van der Waals surface area contributed by atoms with E-state index in [0.717, 1.165) is 0 Å². The Balaban J connectivity index is 2.14. The predicted octanol–water partition coefficient (Wildman–Crippen LogP) is 2.76. The minimum Gasteiger partial charge on any atom is -0.304 e. The molecule has 0 spiro atoms. The SMILES string of the molecule is C/C(=C\c1ccccc1)C1(CON)CC1. The summed E-state index contributed by atoms with van der Waals surface area (Å²) in [5.41, 5.74) is 2.85. The van der Waals surface area contributed by atoms with Gasteiger partial charge in [0.15, 0.2) is 0 Å². The first-order valence-corrected chi connectivity index (χ1v) is 5.32. The molecule has 2 nitrogen and oxygen atoms in total. The van der Waals surface area contributed by atoms with Crippen LogP contribution in [0.3, 0.4) is 0 Å². The first-order valence-electron chi connectivity index (χ1n) is 5.32. The average Bonchev–Trinajstić information content (AvgIpc) is 3.01. The topological polar surface area (TPSA) is 35.2 Å². The number of nitrogens with two attached hydrogens (primary N) is 1. The van der Waals surface area contributed by atoms with Gasteiger partial charge in [-0.05, 0) is 25.3 Å². The first-order chi connectivity index (χ1) is 7.27. The van der Waals surface area contributed by atoms with E-state index in [9.17, 15) is 0 Å². The zero-order valence-electron chi connectivity index (χ0n) is 9.07. The van der Waals surface area contributed by atoms with Crippen molar-refractivity contribution in [2.24, 2.45) is 11.3 Å². The Morgan fingerprint density at radius 2 is 2.07 bits per heavy atom. The van der Waals surface area contributed by atoms with Crippen LogP contribution in [0, 0.1) is 5.41 Å². The fourth-order valence-corrected chi connectivity index (χ4v) is 1.92. The van der Waals surface area contributed by atoms with Gasteiger partial charge in [-0.25, -0.2) is 5.90 Å². The van der Waals surface area contributed by atoms with Gasteiger partial charge in [-0.1, -0.05) is 42.0 Å².